The minimum atomic E-state index is -0.929. The lowest BCUT2D eigenvalue weighted by Crippen LogP contribution is -2.66. The fraction of sp³-hybridized carbons (Fsp3) is 0.875. The van der Waals surface area contributed by atoms with Crippen LogP contribution in [-0.4, -0.2) is 39.0 Å². The summed E-state index contributed by atoms with van der Waals surface area (Å²) in [6.07, 6.45) is 12.2. The van der Waals surface area contributed by atoms with Crippen LogP contribution in [0.15, 0.2) is 11.6 Å². The summed E-state index contributed by atoms with van der Waals surface area (Å²) < 4.78 is 6.79. The Kier molecular flexibility index (Phi) is 6.81. The Labute approximate surface area is 240 Å². The molecular formula is C32H50O4S2. The Morgan fingerprint density at radius 2 is 1.68 bits per heavy atom. The number of allylic oxidation sites excluding steroid dienone is 2. The monoisotopic (exact) mass is 562 g/mol. The summed E-state index contributed by atoms with van der Waals surface area (Å²) in [5.74, 6) is 0.307. The highest BCUT2D eigenvalue weighted by molar-refractivity contribution is 8.22. The average Bonchev–Trinajstić information content (AvgIpc) is 2.81. The Hall–Kier alpha value is -0.590. The van der Waals surface area contributed by atoms with Crippen LogP contribution in [0.4, 0.5) is 0 Å². The van der Waals surface area contributed by atoms with Gasteiger partial charge in [0.15, 0.2) is 0 Å². The van der Waals surface area contributed by atoms with Crippen molar-refractivity contribution in [1.29, 1.82) is 0 Å². The lowest BCUT2D eigenvalue weighted by atomic mass is 9.33. The van der Waals surface area contributed by atoms with Crippen molar-refractivity contribution in [3.8, 4) is 0 Å². The summed E-state index contributed by atoms with van der Waals surface area (Å²) in [6, 6.07) is 0. The molecule has 4 unspecified atom stereocenters. The average molecular weight is 563 g/mol. The van der Waals surface area contributed by atoms with Gasteiger partial charge < -0.3 is 14.9 Å². The number of carboxylic acid groups (broad SMARTS) is 1. The van der Waals surface area contributed by atoms with Gasteiger partial charge in [-0.25, -0.2) is 0 Å². The first kappa shape index (κ1) is 28.9. The number of carboxylic acids is 1. The van der Waals surface area contributed by atoms with E-state index in [1.54, 1.807) is 0 Å². The third kappa shape index (κ3) is 3.70. The third-order valence-electron chi connectivity index (χ3n) is 13.4. The SMILES string of the molecule is CSC(=S)O[C@@H]1CC(C)(C)CC2C3=CCC4[C@@]5(C)CCC(O)C(C)(C)C5CC[C@@]4(C)[C@]3(C)CC[C@]21C(=O)O. The second-order valence-electron chi connectivity index (χ2n) is 15.7. The van der Waals surface area contributed by atoms with Crippen LogP contribution in [0.3, 0.4) is 0 Å². The minimum absolute atomic E-state index is 0.0215. The quantitative estimate of drug-likeness (QED) is 0.264. The molecule has 0 amide bonds. The number of fused-ring (bicyclic) bond motifs is 7. The number of carbonyl (C=O) groups is 1. The molecule has 5 aliphatic rings. The number of aliphatic carboxylic acids is 1. The molecule has 214 valence electrons. The normalized spacial score (nSPS) is 48.9. The van der Waals surface area contributed by atoms with Crippen LogP contribution in [0.25, 0.3) is 0 Å². The van der Waals surface area contributed by atoms with E-state index in [1.807, 2.05) is 6.26 Å². The summed E-state index contributed by atoms with van der Waals surface area (Å²) in [4.78, 5) is 13.3. The van der Waals surface area contributed by atoms with Crippen LogP contribution in [0, 0.1) is 50.2 Å². The molecule has 5 rings (SSSR count). The second-order valence-corrected chi connectivity index (χ2v) is 17.1. The molecule has 0 bridgehead atoms. The molecule has 0 aromatic heterocycles. The largest absolute Gasteiger partial charge is 0.481 e. The van der Waals surface area contributed by atoms with Gasteiger partial charge in [-0.1, -0.05) is 71.9 Å². The summed E-state index contributed by atoms with van der Waals surface area (Å²) in [5.41, 5.74) is 0.637. The number of aliphatic hydroxyl groups is 1. The van der Waals surface area contributed by atoms with Crippen LogP contribution in [-0.2, 0) is 9.53 Å². The molecule has 9 atom stereocenters. The highest BCUT2D eigenvalue weighted by Crippen LogP contribution is 2.75. The molecule has 0 aromatic rings. The second kappa shape index (κ2) is 8.95. The number of thiocarbonyl (C=S) groups is 1. The predicted molar refractivity (Wildman–Crippen MR) is 159 cm³/mol. The van der Waals surface area contributed by atoms with Gasteiger partial charge in [0.2, 0.25) is 4.38 Å². The van der Waals surface area contributed by atoms with E-state index < -0.39 is 17.5 Å². The van der Waals surface area contributed by atoms with Crippen molar-refractivity contribution in [3.05, 3.63) is 11.6 Å². The van der Waals surface area contributed by atoms with Crippen molar-refractivity contribution in [2.45, 2.75) is 118 Å². The highest BCUT2D eigenvalue weighted by Gasteiger charge is 2.71. The van der Waals surface area contributed by atoms with E-state index in [0.717, 1.165) is 51.4 Å². The van der Waals surface area contributed by atoms with Gasteiger partial charge in [0, 0.05) is 5.92 Å². The van der Waals surface area contributed by atoms with Crippen molar-refractivity contribution in [2.24, 2.45) is 50.2 Å². The molecule has 4 saturated carbocycles. The first-order valence-electron chi connectivity index (χ1n) is 14.9. The standard InChI is InChI=1S/C32H50O4S2/c1-27(2)17-20-19-9-10-22-29(5)13-12-23(33)28(3,4)21(29)11-14-31(22,7)30(19,6)15-16-32(20,25(34)35)24(18-27)36-26(37)38-8/h9,20-24,33H,10-18H2,1-8H3,(H,34,35)/t20?,21?,22?,23?,24-,29+,30-,31-,32+/m1/s1. The van der Waals surface area contributed by atoms with E-state index in [9.17, 15) is 15.0 Å². The van der Waals surface area contributed by atoms with Gasteiger partial charge in [-0.05, 0) is 115 Å². The lowest BCUT2D eigenvalue weighted by molar-refractivity contribution is -0.211. The zero-order chi connectivity index (χ0) is 28.1. The van der Waals surface area contributed by atoms with Gasteiger partial charge >= 0.3 is 5.97 Å². The number of aliphatic hydroxyl groups excluding tert-OH is 1. The van der Waals surface area contributed by atoms with Crippen molar-refractivity contribution >= 4 is 34.3 Å². The topological polar surface area (TPSA) is 66.8 Å². The summed E-state index contributed by atoms with van der Waals surface area (Å²) in [7, 11) is 0. The van der Waals surface area contributed by atoms with Crippen molar-refractivity contribution < 1.29 is 19.7 Å². The van der Waals surface area contributed by atoms with E-state index in [1.165, 1.54) is 17.3 Å². The molecular weight excluding hydrogens is 512 g/mol. The number of thioether (sulfide) groups is 1. The maximum Gasteiger partial charge on any atom is 0.314 e. The van der Waals surface area contributed by atoms with Crippen LogP contribution < -0.4 is 0 Å². The zero-order valence-electron chi connectivity index (χ0n) is 24.9. The van der Waals surface area contributed by atoms with Gasteiger partial charge in [-0.2, -0.15) is 0 Å². The molecule has 0 radical (unpaired) electrons. The van der Waals surface area contributed by atoms with Crippen LogP contribution in [0.5, 0.6) is 0 Å². The summed E-state index contributed by atoms with van der Waals surface area (Å²) in [6.45, 7) is 16.7. The summed E-state index contributed by atoms with van der Waals surface area (Å²) in [5, 5.41) is 21.9. The van der Waals surface area contributed by atoms with Gasteiger partial charge in [0.25, 0.3) is 0 Å². The highest BCUT2D eigenvalue weighted by atomic mass is 32.2. The Balaban J connectivity index is 1.61. The van der Waals surface area contributed by atoms with E-state index in [2.05, 4.69) is 54.5 Å². The van der Waals surface area contributed by atoms with Gasteiger partial charge in [0.05, 0.1) is 6.10 Å². The van der Waals surface area contributed by atoms with Crippen molar-refractivity contribution in [3.63, 3.8) is 0 Å². The smallest absolute Gasteiger partial charge is 0.314 e. The first-order valence-corrected chi connectivity index (χ1v) is 16.5. The molecule has 0 spiro atoms. The maximum atomic E-state index is 13.3. The first-order chi connectivity index (χ1) is 17.5. The molecule has 0 heterocycles. The predicted octanol–water partition coefficient (Wildman–Crippen LogP) is 7.88. The molecule has 4 fully saturated rings. The summed E-state index contributed by atoms with van der Waals surface area (Å²) >= 11 is 6.88. The molecule has 5 aliphatic carbocycles. The van der Waals surface area contributed by atoms with E-state index in [0.29, 0.717) is 22.6 Å². The van der Waals surface area contributed by atoms with Crippen molar-refractivity contribution in [1.82, 2.24) is 0 Å². The van der Waals surface area contributed by atoms with Gasteiger partial charge in [-0.15, -0.1) is 0 Å². The van der Waals surface area contributed by atoms with Crippen LogP contribution >= 0.6 is 24.0 Å². The molecule has 0 aliphatic heterocycles. The Morgan fingerprint density at radius 1 is 1.00 bits per heavy atom. The number of hydrogen-bond donors (Lipinski definition) is 2. The fourth-order valence-corrected chi connectivity index (χ4v) is 11.4. The minimum Gasteiger partial charge on any atom is -0.481 e. The molecule has 0 aromatic carbocycles. The van der Waals surface area contributed by atoms with Gasteiger partial charge in [0.1, 0.15) is 11.5 Å². The third-order valence-corrected chi connectivity index (χ3v) is 14.4. The van der Waals surface area contributed by atoms with Crippen molar-refractivity contribution in [2.75, 3.05) is 6.26 Å². The van der Waals surface area contributed by atoms with Gasteiger partial charge in [-0.3, -0.25) is 4.79 Å². The number of ether oxygens (including phenoxy) is 1. The molecule has 4 nitrogen and oxygen atoms in total. The number of rotatable bonds is 2. The maximum absolute atomic E-state index is 13.3. The lowest BCUT2D eigenvalue weighted by Gasteiger charge is -2.71. The molecule has 6 heteroatoms. The number of hydrogen-bond acceptors (Lipinski definition) is 5. The van der Waals surface area contributed by atoms with Crippen LogP contribution in [0.2, 0.25) is 0 Å². The molecule has 2 N–H and O–H groups in total. The van der Waals surface area contributed by atoms with E-state index in [-0.39, 0.29) is 39.1 Å². The Bertz CT molecular complexity index is 1050. The fourth-order valence-electron chi connectivity index (χ4n) is 11.1. The Morgan fingerprint density at radius 3 is 2.32 bits per heavy atom. The van der Waals surface area contributed by atoms with E-state index >= 15 is 0 Å². The molecule has 0 saturated heterocycles. The van der Waals surface area contributed by atoms with Crippen LogP contribution in [0.1, 0.15) is 106 Å². The van der Waals surface area contributed by atoms with E-state index in [4.69, 9.17) is 17.0 Å². The zero-order valence-corrected chi connectivity index (χ0v) is 26.5. The molecule has 38 heavy (non-hydrogen) atoms.